The number of hydrogen-bond donors (Lipinski definition) is 7. The number of nitrogens with zero attached hydrogens (tertiary/aromatic N) is 10. The first kappa shape index (κ1) is 55.8. The van der Waals surface area contributed by atoms with E-state index in [4.69, 9.17) is 4.74 Å². The number of benzene rings is 4. The smallest absolute Gasteiger partial charge is 0.289 e. The zero-order valence-corrected chi connectivity index (χ0v) is 46.1. The molecule has 6 aromatic rings. The van der Waals surface area contributed by atoms with E-state index in [0.29, 0.717) is 66.4 Å². The number of likely N-dealkylation sites (tertiary alicyclic amines) is 1. The Bertz CT molecular complexity index is 3020. The van der Waals surface area contributed by atoms with Crippen LogP contribution in [0.1, 0.15) is 110 Å². The quantitative estimate of drug-likeness (QED) is 0.0506. The Morgan fingerprint density at radius 1 is 0.654 bits per heavy atom. The number of morpholine rings is 1. The molecule has 7 N–H and O–H groups in total. The topological polar surface area (TPSA) is 235 Å². The lowest BCUT2D eigenvalue weighted by Gasteiger charge is -2.44. The number of nitrogens with one attached hydrogen (secondary N) is 3. The zero-order chi connectivity index (χ0) is 55.2. The van der Waals surface area contributed by atoms with E-state index in [1.807, 2.05) is 76.2 Å². The standard InChI is InChI=1S/C58H77N13O7/c1-8-59-32-38-10-14-41(15-11-38)70-53(45-28-43(36(3)4)48(72)30-50(45)74)62-64-55(70)57(76)60-33-47(69-24-22-67(9-2)23-25-69)52-35-68(26-27-78-52)34-39-12-16-42(17-13-39)71-54(46-29-44(37(5)6)49(73)31-51(46)75)63-65-56(71)58(77)61-40-18-20-66(7)21-19-40/h10-17,28-31,36-37,40,47,52,59,72-75H,8-9,18-27,32-35H2,1-7H3,(H,60,76)(H,61,77). The highest BCUT2D eigenvalue weighted by atomic mass is 16.5. The molecule has 9 rings (SSSR count). The van der Waals surface area contributed by atoms with Crippen molar-refractivity contribution in [3.05, 3.63) is 107 Å². The lowest BCUT2D eigenvalue weighted by Crippen LogP contribution is -2.61. The van der Waals surface area contributed by atoms with Gasteiger partial charge in [-0.3, -0.25) is 28.5 Å². The highest BCUT2D eigenvalue weighted by molar-refractivity contribution is 5.93. The Balaban J connectivity index is 0.963. The summed E-state index contributed by atoms with van der Waals surface area (Å²) in [6.07, 6.45) is 1.37. The third-order valence-corrected chi connectivity index (χ3v) is 15.6. The van der Waals surface area contributed by atoms with Gasteiger partial charge < -0.3 is 50.9 Å². The first-order valence-corrected chi connectivity index (χ1v) is 27.6. The molecule has 3 fully saturated rings. The van der Waals surface area contributed by atoms with Crippen molar-refractivity contribution in [2.45, 2.75) is 97.5 Å². The van der Waals surface area contributed by atoms with E-state index in [9.17, 15) is 30.0 Å². The molecular formula is C58H77N13O7. The molecule has 20 heteroatoms. The Hall–Kier alpha value is -6.94. The molecule has 0 radical (unpaired) electrons. The fraction of sp³-hybridized carbons (Fsp3) is 0.483. The molecular weight excluding hydrogens is 991 g/mol. The molecule has 20 nitrogen and oxygen atoms in total. The van der Waals surface area contributed by atoms with Crippen LogP contribution >= 0.6 is 0 Å². The number of amides is 2. The van der Waals surface area contributed by atoms with Crippen LogP contribution in [0.15, 0.2) is 72.8 Å². The van der Waals surface area contributed by atoms with Crippen molar-refractivity contribution in [3.63, 3.8) is 0 Å². The Morgan fingerprint density at radius 2 is 1.19 bits per heavy atom. The van der Waals surface area contributed by atoms with E-state index >= 15 is 0 Å². The second-order valence-electron chi connectivity index (χ2n) is 21.6. The fourth-order valence-electron chi connectivity index (χ4n) is 10.9. The minimum atomic E-state index is -0.433. The third kappa shape index (κ3) is 12.5. The largest absolute Gasteiger partial charge is 0.508 e. The molecule has 3 aliphatic rings. The second-order valence-corrected chi connectivity index (χ2v) is 21.6. The van der Waals surface area contributed by atoms with Crippen LogP contribution in [0.25, 0.3) is 34.2 Å². The monoisotopic (exact) mass is 1070 g/mol. The van der Waals surface area contributed by atoms with Crippen molar-refractivity contribution in [1.82, 2.24) is 65.1 Å². The summed E-state index contributed by atoms with van der Waals surface area (Å²) in [4.78, 5) is 38.2. The first-order chi connectivity index (χ1) is 37.6. The summed E-state index contributed by atoms with van der Waals surface area (Å²) in [7, 11) is 2.07. The van der Waals surface area contributed by atoms with Crippen molar-refractivity contribution in [3.8, 4) is 57.1 Å². The van der Waals surface area contributed by atoms with E-state index in [1.165, 1.54) is 12.1 Å². The van der Waals surface area contributed by atoms with Crippen LogP contribution in [0.2, 0.25) is 0 Å². The predicted molar refractivity (Wildman–Crippen MR) is 299 cm³/mol. The van der Waals surface area contributed by atoms with Gasteiger partial charge in [0.1, 0.15) is 23.0 Å². The summed E-state index contributed by atoms with van der Waals surface area (Å²) in [5.74, 6) is -0.629. The van der Waals surface area contributed by atoms with Crippen LogP contribution < -0.4 is 16.0 Å². The molecule has 0 spiro atoms. The molecule has 78 heavy (non-hydrogen) atoms. The number of aromatic nitrogens is 6. The van der Waals surface area contributed by atoms with Crippen molar-refractivity contribution >= 4 is 11.8 Å². The van der Waals surface area contributed by atoms with Gasteiger partial charge >= 0.3 is 0 Å². The van der Waals surface area contributed by atoms with Crippen molar-refractivity contribution in [2.24, 2.45) is 0 Å². The molecule has 0 saturated carbocycles. The third-order valence-electron chi connectivity index (χ3n) is 15.6. The molecule has 0 bridgehead atoms. The lowest BCUT2D eigenvalue weighted by molar-refractivity contribution is -0.0791. The molecule has 3 saturated heterocycles. The van der Waals surface area contributed by atoms with Crippen molar-refractivity contribution in [2.75, 3.05) is 85.6 Å². The highest BCUT2D eigenvalue weighted by Crippen LogP contribution is 2.40. The maximum atomic E-state index is 14.6. The zero-order valence-electron chi connectivity index (χ0n) is 46.1. The van der Waals surface area contributed by atoms with Gasteiger partial charge in [0, 0.05) is 88.5 Å². The van der Waals surface area contributed by atoms with Gasteiger partial charge in [-0.15, -0.1) is 20.4 Å². The van der Waals surface area contributed by atoms with Crippen LogP contribution in [0.5, 0.6) is 23.0 Å². The number of carbonyl (C=O) groups is 2. The average molecular weight is 1070 g/mol. The minimum Gasteiger partial charge on any atom is -0.508 e. The molecule has 5 heterocycles. The highest BCUT2D eigenvalue weighted by Gasteiger charge is 2.36. The van der Waals surface area contributed by atoms with E-state index in [-0.39, 0.29) is 88.8 Å². The summed E-state index contributed by atoms with van der Waals surface area (Å²) in [5, 5.41) is 71.5. The summed E-state index contributed by atoms with van der Waals surface area (Å²) in [6.45, 7) is 22.3. The average Bonchev–Trinajstić information content (AvgIpc) is 4.22. The molecule has 2 unspecified atom stereocenters. The van der Waals surface area contributed by atoms with E-state index < -0.39 is 5.91 Å². The second kappa shape index (κ2) is 24.8. The van der Waals surface area contributed by atoms with Gasteiger partial charge in [-0.05, 0) is 117 Å². The predicted octanol–water partition coefficient (Wildman–Crippen LogP) is 5.82. The number of likely N-dealkylation sites (N-methyl/N-ethyl adjacent to an activating group) is 1. The van der Waals surface area contributed by atoms with E-state index in [1.54, 1.807) is 21.3 Å². The van der Waals surface area contributed by atoms with Gasteiger partial charge in [0.15, 0.2) is 11.6 Å². The van der Waals surface area contributed by atoms with Crippen molar-refractivity contribution in [1.29, 1.82) is 0 Å². The number of piperazine rings is 1. The maximum Gasteiger partial charge on any atom is 0.289 e. The molecule has 416 valence electrons. The number of rotatable bonds is 19. The van der Waals surface area contributed by atoms with Gasteiger partial charge in [-0.25, -0.2) is 0 Å². The SMILES string of the molecule is CCNCc1ccc(-n2c(C(=O)NCC(C3CN(Cc4ccc(-n5c(C(=O)NC6CCN(C)CC6)nnc5-c5cc(C(C)C)c(O)cc5O)cc4)CCO3)N3CCN(CC)CC3)nnc2-c2cc(C(C)C)c(O)cc2O)cc1. The summed E-state index contributed by atoms with van der Waals surface area (Å²) in [5.41, 5.74) is 5.31. The number of aromatic hydroxyl groups is 4. The number of carbonyl (C=O) groups excluding carboxylic acids is 2. The Morgan fingerprint density at radius 3 is 1.72 bits per heavy atom. The molecule has 4 aromatic carbocycles. The van der Waals surface area contributed by atoms with Crippen LogP contribution in [-0.2, 0) is 17.8 Å². The van der Waals surface area contributed by atoms with Crippen LogP contribution in [0.3, 0.4) is 0 Å². The number of phenols is 4. The molecule has 2 aromatic heterocycles. The molecule has 2 amide bonds. The Kier molecular flexibility index (Phi) is 17.7. The molecule has 3 aliphatic heterocycles. The van der Waals surface area contributed by atoms with Gasteiger partial charge in [-0.2, -0.15) is 0 Å². The summed E-state index contributed by atoms with van der Waals surface area (Å²) >= 11 is 0. The molecule has 2 atom stereocenters. The number of piperidine rings is 1. The molecule has 0 aliphatic carbocycles. The number of phenolic OH excluding ortho intramolecular Hbond substituents is 4. The van der Waals surface area contributed by atoms with Crippen LogP contribution in [0.4, 0.5) is 0 Å². The van der Waals surface area contributed by atoms with Crippen molar-refractivity contribution < 1.29 is 34.8 Å². The maximum absolute atomic E-state index is 14.6. The van der Waals surface area contributed by atoms with Gasteiger partial charge in [0.05, 0.1) is 29.9 Å². The number of ether oxygens (including phenoxy) is 1. The summed E-state index contributed by atoms with van der Waals surface area (Å²) < 4.78 is 9.97. The van der Waals surface area contributed by atoms with E-state index in [2.05, 4.69) is 76.8 Å². The normalized spacial score (nSPS) is 17.7. The van der Waals surface area contributed by atoms with E-state index in [0.717, 1.165) is 76.3 Å². The van der Waals surface area contributed by atoms with Gasteiger partial charge in [0.2, 0.25) is 11.6 Å². The fourth-order valence-corrected chi connectivity index (χ4v) is 10.9. The van der Waals surface area contributed by atoms with Gasteiger partial charge in [-0.1, -0.05) is 65.8 Å². The van der Waals surface area contributed by atoms with Crippen LogP contribution in [0, 0.1) is 0 Å². The summed E-state index contributed by atoms with van der Waals surface area (Å²) in [6, 6.07) is 21.6. The van der Waals surface area contributed by atoms with Gasteiger partial charge in [0.25, 0.3) is 11.8 Å². The van der Waals surface area contributed by atoms with Crippen LogP contribution in [-0.4, -0.2) is 185 Å². The lowest BCUT2D eigenvalue weighted by atomic mass is 9.98. The first-order valence-electron chi connectivity index (χ1n) is 27.6. The minimum absolute atomic E-state index is 0.0165. The number of hydrogen-bond acceptors (Lipinski definition) is 16. The Labute approximate surface area is 457 Å².